The van der Waals surface area contributed by atoms with Crippen LogP contribution in [0.25, 0.3) is 0 Å². The van der Waals surface area contributed by atoms with Crippen molar-refractivity contribution >= 4 is 11.6 Å². The first-order valence-electron chi connectivity index (χ1n) is 7.02. The van der Waals surface area contributed by atoms with Crippen LogP contribution in [0.5, 0.6) is 5.75 Å². The molecule has 1 fully saturated rings. The number of nitrogens with two attached hydrogens (primary N) is 1. The minimum absolute atomic E-state index is 0.464. The van der Waals surface area contributed by atoms with E-state index in [1.807, 2.05) is 18.2 Å². The summed E-state index contributed by atoms with van der Waals surface area (Å²) in [5.74, 6) is 0.834. The van der Waals surface area contributed by atoms with E-state index in [9.17, 15) is 0 Å². The minimum Gasteiger partial charge on any atom is -0.493 e. The van der Waals surface area contributed by atoms with Crippen molar-refractivity contribution in [3.8, 4) is 5.75 Å². The molecule has 4 heteroatoms. The maximum atomic E-state index is 6.11. The van der Waals surface area contributed by atoms with Crippen LogP contribution in [0.4, 0.5) is 0 Å². The van der Waals surface area contributed by atoms with Gasteiger partial charge in [-0.2, -0.15) is 0 Å². The molecule has 0 amide bonds. The van der Waals surface area contributed by atoms with Crippen LogP contribution < -0.4 is 10.5 Å². The second-order valence-electron chi connectivity index (χ2n) is 5.22. The number of hydrogen-bond acceptors (Lipinski definition) is 3. The Morgan fingerprint density at radius 1 is 1.42 bits per heavy atom. The van der Waals surface area contributed by atoms with Gasteiger partial charge in [-0.1, -0.05) is 24.1 Å². The summed E-state index contributed by atoms with van der Waals surface area (Å²) in [7, 11) is 2.21. The average Bonchev–Trinajstić information content (AvgIpc) is 2.41. The first kappa shape index (κ1) is 14.6. The predicted octanol–water partition coefficient (Wildman–Crippen LogP) is 3.05. The molecule has 1 atom stereocenters. The third-order valence-electron chi connectivity index (χ3n) is 3.89. The molecule has 0 spiro atoms. The Morgan fingerprint density at radius 2 is 2.26 bits per heavy atom. The molecule has 0 saturated carbocycles. The van der Waals surface area contributed by atoms with Crippen LogP contribution in [0.15, 0.2) is 18.2 Å². The summed E-state index contributed by atoms with van der Waals surface area (Å²) in [6.07, 6.45) is 5.02. The van der Waals surface area contributed by atoms with Gasteiger partial charge < -0.3 is 15.4 Å². The van der Waals surface area contributed by atoms with Crippen LogP contribution in [0.1, 0.15) is 31.2 Å². The van der Waals surface area contributed by atoms with Gasteiger partial charge in [0.15, 0.2) is 0 Å². The van der Waals surface area contributed by atoms with Crippen LogP contribution >= 0.6 is 11.6 Å². The monoisotopic (exact) mass is 282 g/mol. The Morgan fingerprint density at radius 3 is 2.95 bits per heavy atom. The lowest BCUT2D eigenvalue weighted by atomic mass is 10.0. The molecule has 0 bridgehead atoms. The van der Waals surface area contributed by atoms with E-state index in [2.05, 4.69) is 11.9 Å². The van der Waals surface area contributed by atoms with E-state index in [0.717, 1.165) is 24.3 Å². The highest BCUT2D eigenvalue weighted by molar-refractivity contribution is 6.31. The van der Waals surface area contributed by atoms with Crippen molar-refractivity contribution in [2.24, 2.45) is 5.73 Å². The summed E-state index contributed by atoms with van der Waals surface area (Å²) in [6, 6.07) is 6.39. The van der Waals surface area contributed by atoms with Gasteiger partial charge in [-0.25, -0.2) is 0 Å². The fourth-order valence-electron chi connectivity index (χ4n) is 2.61. The van der Waals surface area contributed by atoms with Crippen molar-refractivity contribution < 1.29 is 4.74 Å². The molecule has 1 aromatic carbocycles. The maximum Gasteiger partial charge on any atom is 0.120 e. The van der Waals surface area contributed by atoms with Crippen molar-refractivity contribution in [1.82, 2.24) is 4.90 Å². The van der Waals surface area contributed by atoms with Crippen LogP contribution in [0, 0.1) is 0 Å². The van der Waals surface area contributed by atoms with Crippen molar-refractivity contribution in [1.29, 1.82) is 0 Å². The molecule has 2 N–H and O–H groups in total. The van der Waals surface area contributed by atoms with E-state index in [0.29, 0.717) is 17.6 Å². The Kier molecular flexibility index (Phi) is 5.49. The third-order valence-corrected chi connectivity index (χ3v) is 4.24. The fourth-order valence-corrected chi connectivity index (χ4v) is 2.85. The molecule has 1 aliphatic rings. The number of rotatable bonds is 5. The molecule has 19 heavy (non-hydrogen) atoms. The molecule has 1 unspecified atom stereocenters. The summed E-state index contributed by atoms with van der Waals surface area (Å²) in [5, 5.41) is 0.690. The van der Waals surface area contributed by atoms with Crippen LogP contribution in [-0.4, -0.2) is 31.1 Å². The van der Waals surface area contributed by atoms with Gasteiger partial charge in [0, 0.05) is 17.6 Å². The molecule has 1 saturated heterocycles. The quantitative estimate of drug-likeness (QED) is 0.902. The maximum absolute atomic E-state index is 6.11. The van der Waals surface area contributed by atoms with Gasteiger partial charge in [-0.05, 0) is 50.6 Å². The number of halogens is 1. The third kappa shape index (κ3) is 4.10. The summed E-state index contributed by atoms with van der Waals surface area (Å²) in [5.41, 5.74) is 6.54. The topological polar surface area (TPSA) is 38.5 Å². The Bertz CT molecular complexity index is 411. The van der Waals surface area contributed by atoms with E-state index < -0.39 is 0 Å². The number of nitrogens with zero attached hydrogens (tertiary/aromatic N) is 1. The number of likely N-dealkylation sites (tertiary alicyclic amines) is 1. The zero-order chi connectivity index (χ0) is 13.7. The molecule has 106 valence electrons. The molecule has 0 radical (unpaired) electrons. The first-order valence-corrected chi connectivity index (χ1v) is 7.40. The standard InChI is InChI=1S/C15H23ClN2O/c1-18-8-3-2-4-13(18)7-9-19-14-6-5-12(11-17)15(16)10-14/h5-6,10,13H,2-4,7-9,11,17H2,1H3. The zero-order valence-electron chi connectivity index (χ0n) is 11.6. The fraction of sp³-hybridized carbons (Fsp3) is 0.600. The number of piperidine rings is 1. The smallest absolute Gasteiger partial charge is 0.120 e. The highest BCUT2D eigenvalue weighted by Gasteiger charge is 2.18. The highest BCUT2D eigenvalue weighted by atomic mass is 35.5. The summed E-state index contributed by atoms with van der Waals surface area (Å²) in [6.45, 7) is 2.42. The van der Waals surface area contributed by atoms with Gasteiger partial charge in [0.05, 0.1) is 6.61 Å². The molecular weight excluding hydrogens is 260 g/mol. The van der Waals surface area contributed by atoms with Crippen molar-refractivity contribution in [2.75, 3.05) is 20.2 Å². The van der Waals surface area contributed by atoms with Gasteiger partial charge in [-0.15, -0.1) is 0 Å². The van der Waals surface area contributed by atoms with Gasteiger partial charge in [0.25, 0.3) is 0 Å². The minimum atomic E-state index is 0.464. The molecule has 1 aliphatic heterocycles. The lowest BCUT2D eigenvalue weighted by molar-refractivity contribution is 0.153. The highest BCUT2D eigenvalue weighted by Crippen LogP contribution is 2.23. The Balaban J connectivity index is 1.80. The zero-order valence-corrected chi connectivity index (χ0v) is 12.3. The van der Waals surface area contributed by atoms with E-state index in [1.165, 1.54) is 25.8 Å². The van der Waals surface area contributed by atoms with Crippen molar-refractivity contribution in [2.45, 2.75) is 38.3 Å². The van der Waals surface area contributed by atoms with Gasteiger partial charge in [0.1, 0.15) is 5.75 Å². The second kappa shape index (κ2) is 7.13. The second-order valence-corrected chi connectivity index (χ2v) is 5.63. The normalized spacial score (nSPS) is 20.5. The largest absolute Gasteiger partial charge is 0.493 e. The molecule has 0 aliphatic carbocycles. The van der Waals surface area contributed by atoms with Crippen molar-refractivity contribution in [3.05, 3.63) is 28.8 Å². The lowest BCUT2D eigenvalue weighted by Crippen LogP contribution is -2.37. The molecule has 1 aromatic rings. The van der Waals surface area contributed by atoms with E-state index in [1.54, 1.807) is 0 Å². The Labute approximate surface area is 120 Å². The predicted molar refractivity (Wildman–Crippen MR) is 79.7 cm³/mol. The van der Waals surface area contributed by atoms with Crippen LogP contribution in [0.3, 0.4) is 0 Å². The first-order chi connectivity index (χ1) is 9.20. The summed E-state index contributed by atoms with van der Waals surface area (Å²) >= 11 is 6.11. The molecule has 0 aromatic heterocycles. The summed E-state index contributed by atoms with van der Waals surface area (Å²) < 4.78 is 5.79. The SMILES string of the molecule is CN1CCCCC1CCOc1ccc(CN)c(Cl)c1. The van der Waals surface area contributed by atoms with E-state index in [-0.39, 0.29) is 0 Å². The van der Waals surface area contributed by atoms with E-state index in [4.69, 9.17) is 22.1 Å². The van der Waals surface area contributed by atoms with Gasteiger partial charge in [-0.3, -0.25) is 0 Å². The summed E-state index contributed by atoms with van der Waals surface area (Å²) in [4.78, 5) is 2.44. The van der Waals surface area contributed by atoms with Crippen molar-refractivity contribution in [3.63, 3.8) is 0 Å². The lowest BCUT2D eigenvalue weighted by Gasteiger charge is -2.32. The number of hydrogen-bond donors (Lipinski definition) is 1. The van der Waals surface area contributed by atoms with E-state index >= 15 is 0 Å². The Hall–Kier alpha value is -0.770. The molecule has 3 nitrogen and oxygen atoms in total. The molecule has 1 heterocycles. The average molecular weight is 283 g/mol. The van der Waals surface area contributed by atoms with Gasteiger partial charge in [0.2, 0.25) is 0 Å². The van der Waals surface area contributed by atoms with Crippen LogP contribution in [0.2, 0.25) is 5.02 Å². The van der Waals surface area contributed by atoms with Gasteiger partial charge >= 0.3 is 0 Å². The number of ether oxygens (including phenoxy) is 1. The molecular formula is C15H23ClN2O. The number of benzene rings is 1. The molecule has 2 rings (SSSR count). The van der Waals surface area contributed by atoms with Crippen LogP contribution in [-0.2, 0) is 6.54 Å².